The van der Waals surface area contributed by atoms with Gasteiger partial charge in [0.2, 0.25) is 11.8 Å². The summed E-state index contributed by atoms with van der Waals surface area (Å²) in [4.78, 5) is 41.0. The molecule has 1 aromatic carbocycles. The van der Waals surface area contributed by atoms with Gasteiger partial charge in [-0.2, -0.15) is 0 Å². The molecule has 0 bridgehead atoms. The van der Waals surface area contributed by atoms with Crippen molar-refractivity contribution in [2.24, 2.45) is 0 Å². The first-order valence-electron chi connectivity index (χ1n) is 11.9. The topological polar surface area (TPSA) is 108 Å². The number of hydrogen-bond acceptors (Lipinski definition) is 5. The van der Waals surface area contributed by atoms with Crippen LogP contribution in [0, 0.1) is 12.3 Å². The number of carbonyl (C=O) groups excluding carboxylic acids is 3. The number of nitrogens with zero attached hydrogens (tertiary/aromatic N) is 1. The predicted octanol–water partition coefficient (Wildman–Crippen LogP) is 2.89. The zero-order chi connectivity index (χ0) is 25.3. The summed E-state index contributed by atoms with van der Waals surface area (Å²) in [5, 5.41) is 15.4. The average molecular weight is 472 g/mol. The molecule has 186 valence electrons. The van der Waals surface area contributed by atoms with Crippen LogP contribution in [0.15, 0.2) is 24.3 Å². The Hall–Kier alpha value is -3.05. The number of benzene rings is 1. The Labute approximate surface area is 202 Å². The first-order valence-corrected chi connectivity index (χ1v) is 11.9. The summed E-state index contributed by atoms with van der Waals surface area (Å²) in [5.41, 5.74) is 0.276. The molecule has 0 saturated heterocycles. The lowest BCUT2D eigenvalue weighted by atomic mass is 9.87. The van der Waals surface area contributed by atoms with Gasteiger partial charge in [-0.05, 0) is 58.1 Å². The Bertz CT molecular complexity index is 898. The lowest BCUT2D eigenvalue weighted by Gasteiger charge is -2.43. The summed E-state index contributed by atoms with van der Waals surface area (Å²) < 4.78 is 5.26. The van der Waals surface area contributed by atoms with E-state index in [0.29, 0.717) is 30.5 Å². The molecule has 8 heteroatoms. The van der Waals surface area contributed by atoms with Crippen LogP contribution in [-0.4, -0.2) is 58.8 Å². The van der Waals surface area contributed by atoms with Crippen molar-refractivity contribution in [1.29, 1.82) is 0 Å². The van der Waals surface area contributed by atoms with E-state index < -0.39 is 36.3 Å². The van der Waals surface area contributed by atoms with Gasteiger partial charge in [-0.1, -0.05) is 37.5 Å². The number of aliphatic hydroxyl groups excluding tert-OH is 1. The highest BCUT2D eigenvalue weighted by Crippen LogP contribution is 2.34. The second kappa shape index (κ2) is 12.4. The number of nitrogens with one attached hydrogen (secondary N) is 2. The third kappa shape index (κ3) is 7.22. The summed E-state index contributed by atoms with van der Waals surface area (Å²) >= 11 is 0. The van der Waals surface area contributed by atoms with Gasteiger partial charge < -0.3 is 25.4 Å². The summed E-state index contributed by atoms with van der Waals surface area (Å²) in [6, 6.07) is 4.56. The van der Waals surface area contributed by atoms with Crippen LogP contribution in [0.1, 0.15) is 77.0 Å². The van der Waals surface area contributed by atoms with E-state index in [2.05, 4.69) is 16.6 Å². The molecule has 0 aliphatic heterocycles. The number of unbranched alkanes of at least 4 members (excludes halogenated alkanes) is 1. The molecule has 2 atom stereocenters. The summed E-state index contributed by atoms with van der Waals surface area (Å²) in [5.74, 6) is 1.71. The molecule has 3 amide bonds. The van der Waals surface area contributed by atoms with Crippen molar-refractivity contribution >= 4 is 17.9 Å². The SMILES string of the molecule is C#Cc1ccccc1C(C(=O)NCCCC)N(C(=O)C(CO)NC(=O)OC(C)(C)C)C1CCC1. The van der Waals surface area contributed by atoms with Crippen LogP contribution in [0.5, 0.6) is 0 Å². The second-order valence-electron chi connectivity index (χ2n) is 9.49. The maximum atomic E-state index is 13.7. The van der Waals surface area contributed by atoms with E-state index >= 15 is 0 Å². The lowest BCUT2D eigenvalue weighted by molar-refractivity contribution is -0.148. The number of rotatable bonds is 10. The Morgan fingerprint density at radius 3 is 2.47 bits per heavy atom. The van der Waals surface area contributed by atoms with Gasteiger partial charge in [0, 0.05) is 18.2 Å². The van der Waals surface area contributed by atoms with Crippen LogP contribution in [-0.2, 0) is 14.3 Å². The van der Waals surface area contributed by atoms with Gasteiger partial charge in [-0.3, -0.25) is 9.59 Å². The van der Waals surface area contributed by atoms with Gasteiger partial charge in [0.1, 0.15) is 17.7 Å². The van der Waals surface area contributed by atoms with Crippen LogP contribution < -0.4 is 10.6 Å². The minimum atomic E-state index is -1.26. The van der Waals surface area contributed by atoms with Gasteiger partial charge in [-0.25, -0.2) is 4.79 Å². The largest absolute Gasteiger partial charge is 0.444 e. The molecular formula is C26H37N3O5. The fourth-order valence-corrected chi connectivity index (χ4v) is 3.77. The van der Waals surface area contributed by atoms with Crippen molar-refractivity contribution in [3.8, 4) is 12.3 Å². The van der Waals surface area contributed by atoms with E-state index in [1.807, 2.05) is 6.92 Å². The number of ether oxygens (including phenoxy) is 1. The molecule has 1 aliphatic carbocycles. The summed E-state index contributed by atoms with van der Waals surface area (Å²) in [6.07, 6.45) is 8.95. The van der Waals surface area contributed by atoms with E-state index in [1.54, 1.807) is 45.0 Å². The van der Waals surface area contributed by atoms with Crippen LogP contribution >= 0.6 is 0 Å². The average Bonchev–Trinajstić information content (AvgIpc) is 2.74. The number of hydrogen-bond donors (Lipinski definition) is 3. The molecule has 0 heterocycles. The van der Waals surface area contributed by atoms with Crippen molar-refractivity contribution in [2.45, 2.75) is 83.5 Å². The third-order valence-corrected chi connectivity index (χ3v) is 5.66. The number of alkyl carbamates (subject to hydrolysis) is 1. The standard InChI is InChI=1S/C26H37N3O5/c1-6-8-16-27-23(31)22(20-15-10-9-12-18(20)7-2)29(19-13-11-14-19)24(32)21(17-30)28-25(33)34-26(3,4)5/h2,9-10,12,15,19,21-22,30H,6,8,11,13-14,16-17H2,1,3-5H3,(H,27,31)(H,28,33). The van der Waals surface area contributed by atoms with Crippen LogP contribution in [0.2, 0.25) is 0 Å². The van der Waals surface area contributed by atoms with Crippen molar-refractivity contribution in [3.63, 3.8) is 0 Å². The molecule has 3 N–H and O–H groups in total. The van der Waals surface area contributed by atoms with E-state index in [-0.39, 0.29) is 11.9 Å². The monoisotopic (exact) mass is 471 g/mol. The first kappa shape index (κ1) is 27.2. The minimum absolute atomic E-state index is 0.213. The van der Waals surface area contributed by atoms with Crippen molar-refractivity contribution < 1.29 is 24.2 Å². The van der Waals surface area contributed by atoms with E-state index in [0.717, 1.165) is 19.3 Å². The van der Waals surface area contributed by atoms with E-state index in [4.69, 9.17) is 11.2 Å². The summed E-state index contributed by atoms with van der Waals surface area (Å²) in [7, 11) is 0. The van der Waals surface area contributed by atoms with Crippen molar-refractivity contribution in [3.05, 3.63) is 35.4 Å². The molecule has 2 unspecified atom stereocenters. The van der Waals surface area contributed by atoms with Gasteiger partial charge in [0.15, 0.2) is 0 Å². The van der Waals surface area contributed by atoms with Gasteiger partial charge in [-0.15, -0.1) is 6.42 Å². The number of aliphatic hydroxyl groups is 1. The molecule has 8 nitrogen and oxygen atoms in total. The maximum absolute atomic E-state index is 13.7. The van der Waals surface area contributed by atoms with Crippen molar-refractivity contribution in [2.75, 3.05) is 13.2 Å². The fraction of sp³-hybridized carbons (Fsp3) is 0.577. The Kier molecular flexibility index (Phi) is 9.94. The smallest absolute Gasteiger partial charge is 0.408 e. The van der Waals surface area contributed by atoms with Crippen LogP contribution in [0.4, 0.5) is 4.79 Å². The predicted molar refractivity (Wildman–Crippen MR) is 130 cm³/mol. The van der Waals surface area contributed by atoms with E-state index in [9.17, 15) is 19.5 Å². The molecule has 0 aromatic heterocycles. The zero-order valence-electron chi connectivity index (χ0n) is 20.6. The van der Waals surface area contributed by atoms with E-state index in [1.165, 1.54) is 4.90 Å². The molecule has 34 heavy (non-hydrogen) atoms. The highest BCUT2D eigenvalue weighted by molar-refractivity contribution is 5.93. The molecule has 1 fully saturated rings. The molecule has 0 spiro atoms. The normalized spacial score (nSPS) is 15.3. The van der Waals surface area contributed by atoms with Crippen molar-refractivity contribution in [1.82, 2.24) is 15.5 Å². The fourth-order valence-electron chi connectivity index (χ4n) is 3.77. The second-order valence-corrected chi connectivity index (χ2v) is 9.49. The number of amides is 3. The third-order valence-electron chi connectivity index (χ3n) is 5.66. The quantitative estimate of drug-likeness (QED) is 0.359. The minimum Gasteiger partial charge on any atom is -0.444 e. The highest BCUT2D eigenvalue weighted by atomic mass is 16.6. The molecule has 1 aromatic rings. The maximum Gasteiger partial charge on any atom is 0.408 e. The summed E-state index contributed by atoms with van der Waals surface area (Å²) in [6.45, 7) is 6.97. The Morgan fingerprint density at radius 1 is 1.26 bits per heavy atom. The first-order chi connectivity index (χ1) is 16.1. The number of terminal acetylenes is 1. The molecular weight excluding hydrogens is 434 g/mol. The van der Waals surface area contributed by atoms with Gasteiger partial charge in [0.05, 0.1) is 6.61 Å². The zero-order valence-corrected chi connectivity index (χ0v) is 20.6. The molecule has 2 rings (SSSR count). The molecule has 1 saturated carbocycles. The Balaban J connectivity index is 2.44. The van der Waals surface area contributed by atoms with Crippen LogP contribution in [0.3, 0.4) is 0 Å². The number of carbonyl (C=O) groups is 3. The molecule has 1 aliphatic rings. The van der Waals surface area contributed by atoms with Crippen LogP contribution in [0.25, 0.3) is 0 Å². The highest BCUT2D eigenvalue weighted by Gasteiger charge is 2.42. The lowest BCUT2D eigenvalue weighted by Crippen LogP contribution is -2.58. The van der Waals surface area contributed by atoms with Gasteiger partial charge >= 0.3 is 6.09 Å². The van der Waals surface area contributed by atoms with Gasteiger partial charge in [0.25, 0.3) is 0 Å². The Morgan fingerprint density at radius 2 is 1.94 bits per heavy atom. The molecule has 0 radical (unpaired) electrons.